The Balaban J connectivity index is 0.000000510. The Morgan fingerprint density at radius 1 is 0.365 bits per heavy atom. The number of aliphatic carboxylic acids is 6. The standard InChI is InChI=1S/2C19H12N4O.6C2H4O2.2Dy/c2*24-14-8-2-1-5-11(14)19-22-17-12-6-3-9-20-15(12)16-13(18(17)23-19)7-4-10-21-16;6*1-2(3)4;;/h2*1-10,24H,(H,22,23);6*1H3,(H,3,4);;/q;;;;;;;;2*+3/p-6. The number of carboxylic acid groups (broad SMARTS) is 6. The summed E-state index contributed by atoms with van der Waals surface area (Å²) >= 11 is 0. The summed E-state index contributed by atoms with van der Waals surface area (Å²) in [7, 11) is 0. The molecule has 386 valence electrons. The van der Waals surface area contributed by atoms with Gasteiger partial charge in [0.15, 0.2) is 0 Å². The number of carboxylic acids is 6. The monoisotopic (exact) mass is 1310 g/mol. The van der Waals surface area contributed by atoms with Crippen LogP contribution in [0.4, 0.5) is 0 Å². The number of para-hydroxylation sites is 2. The zero-order valence-corrected chi connectivity index (χ0v) is 43.7. The molecule has 0 bridgehead atoms. The Hall–Kier alpha value is -7.57. The van der Waals surface area contributed by atoms with Crippen molar-refractivity contribution in [1.82, 2.24) is 39.9 Å². The average Bonchev–Trinajstić information content (AvgIpc) is 3.96. The number of pyridine rings is 4. The van der Waals surface area contributed by atoms with Gasteiger partial charge in [-0.1, -0.05) is 24.3 Å². The van der Waals surface area contributed by atoms with Crippen LogP contribution in [0, 0.1) is 76.3 Å². The SMILES string of the molecule is CC(=O)[O-].CC(=O)[O-].CC(=O)[O-].CC(=O)[O-].CC(=O)[O-].CC(=O)[O-].Oc1ccccc1-c1nc2c3cccnc3c3ncccc3c2[nH]1.Oc1ccccc1-c1nc2c3cccnc3c3ncccc3c2[nH]1.[Dy+3].[Dy+3]. The largest absolute Gasteiger partial charge is 3.00 e. The zero-order chi connectivity index (χ0) is 53.7. The van der Waals surface area contributed by atoms with Crippen LogP contribution in [0.1, 0.15) is 41.5 Å². The molecule has 22 nitrogen and oxygen atoms in total. The molecule has 0 aliphatic rings. The first kappa shape index (κ1) is 64.4. The number of hydrogen-bond donors (Lipinski definition) is 4. The molecule has 10 aromatic rings. The minimum Gasteiger partial charge on any atom is -0.550 e. The van der Waals surface area contributed by atoms with Gasteiger partial charge in [-0.3, -0.25) is 19.9 Å². The van der Waals surface area contributed by atoms with Crippen LogP contribution in [-0.4, -0.2) is 85.9 Å². The van der Waals surface area contributed by atoms with Crippen LogP contribution in [0.3, 0.4) is 0 Å². The molecule has 0 fully saturated rings. The third kappa shape index (κ3) is 19.8. The van der Waals surface area contributed by atoms with E-state index < -0.39 is 35.8 Å². The van der Waals surface area contributed by atoms with Crippen molar-refractivity contribution in [3.05, 3.63) is 122 Å². The van der Waals surface area contributed by atoms with Crippen molar-refractivity contribution in [2.75, 3.05) is 0 Å². The molecular weight excluding hydrogens is 1260 g/mol. The van der Waals surface area contributed by atoms with E-state index in [1.807, 2.05) is 72.8 Å². The van der Waals surface area contributed by atoms with Gasteiger partial charge in [-0.2, -0.15) is 0 Å². The molecule has 0 atom stereocenters. The van der Waals surface area contributed by atoms with Crippen LogP contribution in [0.2, 0.25) is 0 Å². The number of carbonyl (C=O) groups excluding carboxylic acids is 6. The molecule has 10 rings (SSSR count). The van der Waals surface area contributed by atoms with E-state index in [1.165, 1.54) is 0 Å². The topological polar surface area (TPSA) is 390 Å². The average molecular weight is 1300 g/mol. The fraction of sp³-hybridized carbons (Fsp3) is 0.120. The predicted octanol–water partition coefficient (Wildman–Crippen LogP) is 0.601. The van der Waals surface area contributed by atoms with E-state index in [4.69, 9.17) is 69.4 Å². The van der Waals surface area contributed by atoms with E-state index in [0.29, 0.717) is 22.8 Å². The van der Waals surface area contributed by atoms with Crippen LogP contribution in [0.15, 0.2) is 122 Å². The van der Waals surface area contributed by atoms with Gasteiger partial charge in [-0.25, -0.2) is 9.97 Å². The van der Waals surface area contributed by atoms with Gasteiger partial charge >= 0.3 is 76.3 Å². The fourth-order valence-corrected chi connectivity index (χ4v) is 6.29. The molecule has 4 aromatic carbocycles. The second kappa shape index (κ2) is 31.8. The van der Waals surface area contributed by atoms with E-state index >= 15 is 0 Å². The van der Waals surface area contributed by atoms with E-state index in [-0.39, 0.29) is 87.8 Å². The third-order valence-corrected chi connectivity index (χ3v) is 8.45. The summed E-state index contributed by atoms with van der Waals surface area (Å²) in [5.41, 5.74) is 8.14. The smallest absolute Gasteiger partial charge is 0.550 e. The van der Waals surface area contributed by atoms with Crippen molar-refractivity contribution < 1.29 is 146 Å². The molecule has 6 heterocycles. The number of aromatic amines is 2. The maximum atomic E-state index is 10.1. The second-order valence-electron chi connectivity index (χ2n) is 14.2. The van der Waals surface area contributed by atoms with Crippen LogP contribution in [0.25, 0.3) is 88.5 Å². The van der Waals surface area contributed by atoms with Crippen LogP contribution >= 0.6 is 0 Å². The Bertz CT molecular complexity index is 3080. The first-order valence-electron chi connectivity index (χ1n) is 20.7. The maximum Gasteiger partial charge on any atom is 3.00 e. The molecule has 0 amide bonds. The van der Waals surface area contributed by atoms with Crippen molar-refractivity contribution in [1.29, 1.82) is 0 Å². The van der Waals surface area contributed by atoms with Crippen molar-refractivity contribution in [3.8, 4) is 34.3 Å². The molecular formula is C50H42Dy2N8O14. The molecule has 0 aliphatic heterocycles. The first-order valence-corrected chi connectivity index (χ1v) is 20.7. The summed E-state index contributed by atoms with van der Waals surface area (Å²) in [6, 6.07) is 29.9. The number of nitrogens with one attached hydrogen (secondary N) is 2. The molecule has 6 aromatic heterocycles. The summed E-state index contributed by atoms with van der Waals surface area (Å²) in [5, 5.41) is 77.4. The number of carbonyl (C=O) groups is 6. The summed E-state index contributed by atoms with van der Waals surface area (Å²) < 4.78 is 0. The Labute approximate surface area is 480 Å². The Morgan fingerprint density at radius 3 is 0.851 bits per heavy atom. The number of phenols is 2. The number of aromatic hydroxyl groups is 2. The van der Waals surface area contributed by atoms with E-state index in [1.54, 1.807) is 49.1 Å². The van der Waals surface area contributed by atoms with Crippen molar-refractivity contribution >= 4 is 101 Å². The summed E-state index contributed by atoms with van der Waals surface area (Å²) in [5.74, 6) is -4.85. The maximum absolute atomic E-state index is 10.1. The third-order valence-electron chi connectivity index (χ3n) is 8.45. The number of fused-ring (bicyclic) bond motifs is 12. The number of aromatic nitrogens is 8. The summed E-state index contributed by atoms with van der Waals surface area (Å²) in [4.78, 5) is 87.5. The van der Waals surface area contributed by atoms with Gasteiger partial charge in [-0.15, -0.1) is 0 Å². The minimum absolute atomic E-state index is 0. The molecule has 2 radical (unpaired) electrons. The van der Waals surface area contributed by atoms with E-state index in [0.717, 1.165) is 107 Å². The van der Waals surface area contributed by atoms with Gasteiger partial charge in [0, 0.05) is 82.1 Å². The van der Waals surface area contributed by atoms with Crippen molar-refractivity contribution in [2.45, 2.75) is 41.5 Å². The van der Waals surface area contributed by atoms with Gasteiger partial charge in [0.2, 0.25) is 0 Å². The van der Waals surface area contributed by atoms with Crippen molar-refractivity contribution in [2.24, 2.45) is 0 Å². The summed E-state index contributed by atoms with van der Waals surface area (Å²) in [6.07, 6.45) is 7.06. The molecule has 74 heavy (non-hydrogen) atoms. The second-order valence-corrected chi connectivity index (χ2v) is 14.2. The van der Waals surface area contributed by atoms with Gasteiger partial charge in [0.1, 0.15) is 23.1 Å². The number of H-pyrrole nitrogens is 2. The number of nitrogens with zero attached hydrogens (tertiary/aromatic N) is 6. The minimum atomic E-state index is -1.08. The molecule has 0 saturated heterocycles. The number of rotatable bonds is 2. The van der Waals surface area contributed by atoms with Crippen LogP contribution < -0.4 is 30.6 Å². The molecule has 24 heteroatoms. The molecule has 0 saturated carbocycles. The molecule has 0 unspecified atom stereocenters. The normalized spacial score (nSPS) is 9.49. The zero-order valence-electron chi connectivity index (χ0n) is 39.7. The predicted molar refractivity (Wildman–Crippen MR) is 252 cm³/mol. The van der Waals surface area contributed by atoms with Crippen LogP contribution in [-0.2, 0) is 28.8 Å². The number of imidazole rings is 2. The fourth-order valence-electron chi connectivity index (χ4n) is 6.29. The van der Waals surface area contributed by atoms with Gasteiger partial charge in [0.05, 0.1) is 55.3 Å². The number of benzene rings is 4. The first-order chi connectivity index (χ1) is 34.0. The van der Waals surface area contributed by atoms with Crippen molar-refractivity contribution in [3.63, 3.8) is 0 Å². The van der Waals surface area contributed by atoms with E-state index in [9.17, 15) is 10.2 Å². The van der Waals surface area contributed by atoms with Gasteiger partial charge in [0.25, 0.3) is 0 Å². The van der Waals surface area contributed by atoms with Gasteiger partial charge < -0.3 is 79.6 Å². The van der Waals surface area contributed by atoms with Crippen LogP contribution in [0.5, 0.6) is 11.5 Å². The Morgan fingerprint density at radius 2 is 0.595 bits per heavy atom. The quantitative estimate of drug-likeness (QED) is 0.172. The Kier molecular flexibility index (Phi) is 27.7. The number of hydrogen-bond acceptors (Lipinski definition) is 20. The molecule has 0 aliphatic carbocycles. The number of phenolic OH excluding ortho intramolecular Hbond substituents is 2. The van der Waals surface area contributed by atoms with E-state index in [2.05, 4.69) is 29.9 Å². The molecule has 0 spiro atoms. The van der Waals surface area contributed by atoms with Gasteiger partial charge in [-0.05, 0) is 114 Å². The molecule has 4 N–H and O–H groups in total. The summed E-state index contributed by atoms with van der Waals surface area (Å²) in [6.45, 7) is 5.83.